The average molecular weight is 283 g/mol. The Balaban J connectivity index is 2.34. The van der Waals surface area contributed by atoms with E-state index in [1.165, 1.54) is 23.9 Å². The molecule has 2 aromatic rings. The van der Waals surface area contributed by atoms with Gasteiger partial charge in [-0.2, -0.15) is 5.10 Å². The number of aryl methyl sites for hydroxylation is 2. The Morgan fingerprint density at radius 3 is 2.63 bits per heavy atom. The van der Waals surface area contributed by atoms with E-state index in [-0.39, 0.29) is 16.4 Å². The van der Waals surface area contributed by atoms with E-state index in [1.807, 2.05) is 0 Å². The van der Waals surface area contributed by atoms with Crippen LogP contribution in [0.5, 0.6) is 0 Å². The molecule has 2 heterocycles. The van der Waals surface area contributed by atoms with Gasteiger partial charge in [-0.25, -0.2) is 8.42 Å². The molecule has 0 saturated carbocycles. The number of anilines is 1. The van der Waals surface area contributed by atoms with Gasteiger partial charge < -0.3 is 10.3 Å². The van der Waals surface area contributed by atoms with Crippen LogP contribution < -0.4 is 10.5 Å². The number of hydrogen-bond acceptors (Lipinski definition) is 4. The Morgan fingerprint density at radius 1 is 1.47 bits per heavy atom. The van der Waals surface area contributed by atoms with Crippen LogP contribution in [0.3, 0.4) is 0 Å². The molecular weight excluding hydrogens is 270 g/mol. The van der Waals surface area contributed by atoms with Crippen LogP contribution in [0.2, 0.25) is 0 Å². The summed E-state index contributed by atoms with van der Waals surface area (Å²) >= 11 is 0. The minimum absolute atomic E-state index is 0.0514. The maximum atomic E-state index is 12.1. The predicted molar refractivity (Wildman–Crippen MR) is 68.1 cm³/mol. The van der Waals surface area contributed by atoms with Gasteiger partial charge in [-0.1, -0.05) is 0 Å². The van der Waals surface area contributed by atoms with Gasteiger partial charge >= 0.3 is 0 Å². The maximum absolute atomic E-state index is 12.1. The molecule has 102 valence electrons. The zero-order valence-corrected chi connectivity index (χ0v) is 11.2. The van der Waals surface area contributed by atoms with E-state index in [0.717, 1.165) is 5.69 Å². The third-order valence-electron chi connectivity index (χ3n) is 2.49. The summed E-state index contributed by atoms with van der Waals surface area (Å²) in [7, 11) is -2.26. The van der Waals surface area contributed by atoms with Crippen molar-refractivity contribution in [2.75, 3.05) is 4.72 Å². The van der Waals surface area contributed by atoms with Crippen molar-refractivity contribution in [1.29, 1.82) is 0 Å². The first-order valence-electron chi connectivity index (χ1n) is 5.30. The van der Waals surface area contributed by atoms with E-state index in [4.69, 9.17) is 5.73 Å². The Kier molecular flexibility index (Phi) is 3.06. The lowest BCUT2D eigenvalue weighted by molar-refractivity contribution is 0.0992. The summed E-state index contributed by atoms with van der Waals surface area (Å²) in [4.78, 5) is 11.0. The molecule has 0 saturated heterocycles. The van der Waals surface area contributed by atoms with E-state index < -0.39 is 15.9 Å². The lowest BCUT2D eigenvalue weighted by atomic mass is 10.4. The number of nitrogens with one attached hydrogen (secondary N) is 2. The standard InChI is InChI=1S/C10H13N5O3S/c1-6-3-9(13-12-6)14-19(17,18)7-4-8(10(11)16)15(2)5-7/h3-5H,1-2H3,(H2,11,16)(H2,12,13,14). The van der Waals surface area contributed by atoms with Crippen molar-refractivity contribution in [3.05, 3.63) is 29.7 Å². The van der Waals surface area contributed by atoms with E-state index in [2.05, 4.69) is 14.9 Å². The van der Waals surface area contributed by atoms with Gasteiger partial charge in [0.1, 0.15) is 10.6 Å². The summed E-state index contributed by atoms with van der Waals surface area (Å²) in [5.74, 6) is -0.512. The zero-order chi connectivity index (χ0) is 14.2. The number of rotatable bonds is 4. The van der Waals surface area contributed by atoms with Gasteiger partial charge in [-0.3, -0.25) is 14.6 Å². The molecule has 1 amide bonds. The second-order valence-corrected chi connectivity index (χ2v) is 5.76. The van der Waals surface area contributed by atoms with Crippen molar-refractivity contribution in [2.24, 2.45) is 12.8 Å². The molecule has 0 fully saturated rings. The van der Waals surface area contributed by atoms with Gasteiger partial charge in [-0.05, 0) is 13.0 Å². The van der Waals surface area contributed by atoms with Crippen molar-refractivity contribution in [3.8, 4) is 0 Å². The van der Waals surface area contributed by atoms with Crippen LogP contribution in [-0.4, -0.2) is 29.1 Å². The number of carbonyl (C=O) groups excluding carboxylic acids is 1. The predicted octanol–water partition coefficient (Wildman–Crippen LogP) is -0.0437. The Labute approximate surface area is 109 Å². The van der Waals surface area contributed by atoms with Gasteiger partial charge in [0.05, 0.1) is 0 Å². The van der Waals surface area contributed by atoms with Gasteiger partial charge in [0.25, 0.3) is 15.9 Å². The molecule has 0 radical (unpaired) electrons. The fourth-order valence-electron chi connectivity index (χ4n) is 1.59. The van der Waals surface area contributed by atoms with E-state index >= 15 is 0 Å². The summed E-state index contributed by atoms with van der Waals surface area (Å²) in [6.45, 7) is 1.75. The highest BCUT2D eigenvalue weighted by atomic mass is 32.2. The normalized spacial score (nSPS) is 11.5. The lowest BCUT2D eigenvalue weighted by Gasteiger charge is -2.01. The molecule has 0 aliphatic rings. The third-order valence-corrected chi connectivity index (χ3v) is 3.81. The summed E-state index contributed by atoms with van der Waals surface area (Å²) in [5, 5.41) is 6.40. The monoisotopic (exact) mass is 283 g/mol. The summed E-state index contributed by atoms with van der Waals surface area (Å²) in [6, 6.07) is 2.76. The van der Waals surface area contributed by atoms with Crippen LogP contribution in [-0.2, 0) is 17.1 Å². The molecule has 0 aliphatic carbocycles. The molecule has 0 unspecified atom stereocenters. The molecule has 0 atom stereocenters. The van der Waals surface area contributed by atoms with Crippen molar-refractivity contribution in [1.82, 2.24) is 14.8 Å². The highest BCUT2D eigenvalue weighted by Crippen LogP contribution is 2.17. The molecule has 9 heteroatoms. The van der Waals surface area contributed by atoms with Crippen LogP contribution in [0.1, 0.15) is 16.2 Å². The SMILES string of the molecule is Cc1cc(NS(=O)(=O)c2cc(C(N)=O)n(C)c2)n[nH]1. The number of nitrogens with two attached hydrogens (primary N) is 1. The summed E-state index contributed by atoms with van der Waals surface area (Å²) in [5.41, 5.74) is 5.97. The van der Waals surface area contributed by atoms with Crippen molar-refractivity contribution in [2.45, 2.75) is 11.8 Å². The van der Waals surface area contributed by atoms with Crippen LogP contribution >= 0.6 is 0 Å². The number of aromatic nitrogens is 3. The third kappa shape index (κ3) is 2.60. The minimum atomic E-state index is -3.80. The second-order valence-electron chi connectivity index (χ2n) is 4.08. The number of hydrogen-bond donors (Lipinski definition) is 3. The molecule has 4 N–H and O–H groups in total. The number of amides is 1. The van der Waals surface area contributed by atoms with E-state index in [9.17, 15) is 13.2 Å². The minimum Gasteiger partial charge on any atom is -0.364 e. The molecule has 0 aliphatic heterocycles. The molecule has 19 heavy (non-hydrogen) atoms. The van der Waals surface area contributed by atoms with Crippen LogP contribution in [0, 0.1) is 6.92 Å². The highest BCUT2D eigenvalue weighted by molar-refractivity contribution is 7.92. The molecule has 0 bridgehead atoms. The average Bonchev–Trinajstić information content (AvgIpc) is 2.84. The topological polar surface area (TPSA) is 123 Å². The second kappa shape index (κ2) is 4.43. The van der Waals surface area contributed by atoms with Gasteiger partial charge in [-0.15, -0.1) is 0 Å². The number of primary amides is 1. The van der Waals surface area contributed by atoms with Gasteiger partial charge in [0.2, 0.25) is 0 Å². The number of carbonyl (C=O) groups is 1. The highest BCUT2D eigenvalue weighted by Gasteiger charge is 2.20. The largest absolute Gasteiger partial charge is 0.364 e. The van der Waals surface area contributed by atoms with Crippen molar-refractivity contribution >= 4 is 21.7 Å². The fraction of sp³-hybridized carbons (Fsp3) is 0.200. The van der Waals surface area contributed by atoms with E-state index in [1.54, 1.807) is 13.0 Å². The summed E-state index contributed by atoms with van der Waals surface area (Å²) in [6.07, 6.45) is 1.31. The number of sulfonamides is 1. The van der Waals surface area contributed by atoms with E-state index in [0.29, 0.717) is 0 Å². The van der Waals surface area contributed by atoms with Crippen LogP contribution in [0.25, 0.3) is 0 Å². The zero-order valence-electron chi connectivity index (χ0n) is 10.3. The van der Waals surface area contributed by atoms with Crippen LogP contribution in [0.4, 0.5) is 5.82 Å². The molecule has 0 aromatic carbocycles. The van der Waals surface area contributed by atoms with Crippen LogP contribution in [0.15, 0.2) is 23.2 Å². The molecule has 2 aromatic heterocycles. The Hall–Kier alpha value is -2.29. The first-order chi connectivity index (χ1) is 8.79. The molecular formula is C10H13N5O3S. The summed E-state index contributed by atoms with van der Waals surface area (Å²) < 4.78 is 27.8. The first-order valence-corrected chi connectivity index (χ1v) is 6.79. The fourth-order valence-corrected chi connectivity index (χ4v) is 2.65. The maximum Gasteiger partial charge on any atom is 0.265 e. The van der Waals surface area contributed by atoms with Crippen molar-refractivity contribution < 1.29 is 13.2 Å². The first kappa shape index (κ1) is 13.1. The van der Waals surface area contributed by atoms with Gasteiger partial charge in [0, 0.05) is 25.0 Å². The number of nitrogens with zero attached hydrogens (tertiary/aromatic N) is 2. The van der Waals surface area contributed by atoms with Crippen molar-refractivity contribution in [3.63, 3.8) is 0 Å². The molecule has 8 nitrogen and oxygen atoms in total. The van der Waals surface area contributed by atoms with Gasteiger partial charge in [0.15, 0.2) is 5.82 Å². The number of aromatic amines is 1. The Bertz CT molecular complexity index is 728. The molecule has 2 rings (SSSR count). The quantitative estimate of drug-likeness (QED) is 0.728. The number of H-pyrrole nitrogens is 1. The Morgan fingerprint density at radius 2 is 2.16 bits per heavy atom. The lowest BCUT2D eigenvalue weighted by Crippen LogP contribution is -2.14. The molecule has 0 spiro atoms. The smallest absolute Gasteiger partial charge is 0.265 e.